The molecule has 1 N–H and O–H groups in total. The van der Waals surface area contributed by atoms with Crippen molar-refractivity contribution in [2.45, 2.75) is 49.6 Å². The summed E-state index contributed by atoms with van der Waals surface area (Å²) in [7, 11) is -3.52. The summed E-state index contributed by atoms with van der Waals surface area (Å²) < 4.78 is 29.7. The summed E-state index contributed by atoms with van der Waals surface area (Å²) in [6.07, 6.45) is 6.79. The SMILES string of the molecule is CS(=O)(=O)c1ccc2oc(C(=O)N[C@@H](C=C3CCN(c4ccccc4CN4CCCC4=O)CC3)Cc3ccc(Cl)cc3)cc(=O)c2c1. The highest BCUT2D eigenvalue weighted by molar-refractivity contribution is 7.90. The first-order valence-electron chi connectivity index (χ1n) is 15.7. The Kier molecular flexibility index (Phi) is 9.52. The fraction of sp³-hybridized carbons (Fsp3) is 0.306. The van der Waals surface area contributed by atoms with E-state index in [1.807, 2.05) is 41.3 Å². The highest BCUT2D eigenvalue weighted by Crippen LogP contribution is 2.29. The van der Waals surface area contributed by atoms with Crippen molar-refractivity contribution in [3.05, 3.63) is 117 Å². The summed E-state index contributed by atoms with van der Waals surface area (Å²) in [6.45, 7) is 3.02. The summed E-state index contributed by atoms with van der Waals surface area (Å²) in [6, 6.07) is 20.4. The number of benzene rings is 3. The number of para-hydroxylation sites is 1. The summed E-state index contributed by atoms with van der Waals surface area (Å²) in [4.78, 5) is 43.0. The Balaban J connectivity index is 1.20. The highest BCUT2D eigenvalue weighted by atomic mass is 35.5. The first kappa shape index (κ1) is 32.5. The Morgan fingerprint density at radius 3 is 2.43 bits per heavy atom. The van der Waals surface area contributed by atoms with Crippen LogP contribution in [0, 0.1) is 0 Å². The maximum atomic E-state index is 13.5. The second-order valence-corrected chi connectivity index (χ2v) is 14.6. The second-order valence-electron chi connectivity index (χ2n) is 12.2. The lowest BCUT2D eigenvalue weighted by atomic mass is 9.97. The number of likely N-dealkylation sites (tertiary alicyclic amines) is 1. The van der Waals surface area contributed by atoms with E-state index in [9.17, 15) is 22.8 Å². The number of piperidine rings is 1. The fourth-order valence-corrected chi connectivity index (χ4v) is 7.03. The van der Waals surface area contributed by atoms with Crippen molar-refractivity contribution in [1.82, 2.24) is 10.2 Å². The van der Waals surface area contributed by atoms with Crippen molar-refractivity contribution >= 4 is 49.9 Å². The number of carbonyl (C=O) groups is 2. The third-order valence-electron chi connectivity index (χ3n) is 8.74. The number of anilines is 1. The van der Waals surface area contributed by atoms with Crippen LogP contribution in [0.15, 0.2) is 98.6 Å². The molecule has 9 nitrogen and oxygen atoms in total. The molecule has 244 valence electrons. The summed E-state index contributed by atoms with van der Waals surface area (Å²) in [5.74, 6) is -0.492. The molecule has 47 heavy (non-hydrogen) atoms. The molecular weight excluding hydrogens is 638 g/mol. The van der Waals surface area contributed by atoms with E-state index in [0.717, 1.165) is 68.0 Å². The second kappa shape index (κ2) is 13.8. The lowest BCUT2D eigenvalue weighted by molar-refractivity contribution is -0.128. The first-order valence-corrected chi connectivity index (χ1v) is 17.9. The number of hydrogen-bond donors (Lipinski definition) is 1. The van der Waals surface area contributed by atoms with Gasteiger partial charge in [-0.05, 0) is 73.2 Å². The molecule has 0 aliphatic carbocycles. The predicted octanol–water partition coefficient (Wildman–Crippen LogP) is 5.54. The molecule has 6 rings (SSSR count). The average molecular weight is 674 g/mol. The molecule has 2 fully saturated rings. The zero-order valence-electron chi connectivity index (χ0n) is 26.1. The third kappa shape index (κ3) is 7.77. The van der Waals surface area contributed by atoms with Gasteiger partial charge in [-0.15, -0.1) is 0 Å². The normalized spacial score (nSPS) is 16.0. The fourth-order valence-electron chi connectivity index (χ4n) is 6.26. The van der Waals surface area contributed by atoms with Crippen LogP contribution < -0.4 is 15.6 Å². The van der Waals surface area contributed by atoms with Crippen molar-refractivity contribution < 1.29 is 22.4 Å². The minimum Gasteiger partial charge on any atom is -0.451 e. The quantitative estimate of drug-likeness (QED) is 0.232. The molecule has 2 aliphatic rings. The van der Waals surface area contributed by atoms with Gasteiger partial charge in [0.15, 0.2) is 21.0 Å². The molecular formula is C36H36ClN3O6S. The van der Waals surface area contributed by atoms with Crippen LogP contribution in [0.2, 0.25) is 5.02 Å². The maximum absolute atomic E-state index is 13.5. The molecule has 1 aromatic heterocycles. The van der Waals surface area contributed by atoms with Crippen molar-refractivity contribution in [2.75, 3.05) is 30.8 Å². The van der Waals surface area contributed by atoms with E-state index in [1.165, 1.54) is 23.8 Å². The molecule has 3 aromatic carbocycles. The minimum atomic E-state index is -3.52. The van der Waals surface area contributed by atoms with Gasteiger partial charge in [-0.1, -0.05) is 53.6 Å². The highest BCUT2D eigenvalue weighted by Gasteiger charge is 2.24. The molecule has 4 aromatic rings. The van der Waals surface area contributed by atoms with Gasteiger partial charge in [-0.25, -0.2) is 8.42 Å². The molecule has 0 unspecified atom stereocenters. The topological polar surface area (TPSA) is 117 Å². The molecule has 0 spiro atoms. The molecule has 1 atom stereocenters. The number of hydrogen-bond acceptors (Lipinski definition) is 7. The first-order chi connectivity index (χ1) is 22.5. The Morgan fingerprint density at radius 1 is 0.979 bits per heavy atom. The Labute approximate surface area is 278 Å². The van der Waals surface area contributed by atoms with Gasteiger partial charge in [0.05, 0.1) is 16.3 Å². The van der Waals surface area contributed by atoms with Crippen molar-refractivity contribution in [3.8, 4) is 0 Å². The van der Waals surface area contributed by atoms with Crippen LogP contribution >= 0.6 is 11.6 Å². The number of amides is 2. The lowest BCUT2D eigenvalue weighted by Gasteiger charge is -2.33. The molecule has 3 heterocycles. The molecule has 2 saturated heterocycles. The Morgan fingerprint density at radius 2 is 1.72 bits per heavy atom. The molecule has 2 aliphatic heterocycles. The molecule has 0 bridgehead atoms. The number of carbonyl (C=O) groups excluding carboxylic acids is 2. The lowest BCUT2D eigenvalue weighted by Crippen LogP contribution is -2.37. The van der Waals surface area contributed by atoms with E-state index in [4.69, 9.17) is 16.0 Å². The van der Waals surface area contributed by atoms with Gasteiger partial charge in [-0.2, -0.15) is 0 Å². The Bertz CT molecular complexity index is 2010. The van der Waals surface area contributed by atoms with Gasteiger partial charge in [0.2, 0.25) is 5.91 Å². The van der Waals surface area contributed by atoms with Gasteiger partial charge in [0, 0.05) is 55.6 Å². The van der Waals surface area contributed by atoms with E-state index >= 15 is 0 Å². The maximum Gasteiger partial charge on any atom is 0.287 e. The van der Waals surface area contributed by atoms with E-state index in [0.29, 0.717) is 24.4 Å². The number of sulfone groups is 1. The number of halogens is 1. The molecule has 11 heteroatoms. The average Bonchev–Trinajstić information content (AvgIpc) is 3.45. The van der Waals surface area contributed by atoms with E-state index in [1.54, 1.807) is 0 Å². The molecule has 0 saturated carbocycles. The summed E-state index contributed by atoms with van der Waals surface area (Å²) in [5, 5.41) is 3.74. The van der Waals surface area contributed by atoms with Crippen molar-refractivity contribution in [1.29, 1.82) is 0 Å². The number of fused-ring (bicyclic) bond motifs is 1. The number of rotatable bonds is 9. The van der Waals surface area contributed by atoms with Crippen molar-refractivity contribution in [2.24, 2.45) is 0 Å². The van der Waals surface area contributed by atoms with E-state index in [2.05, 4.69) is 28.4 Å². The predicted molar refractivity (Wildman–Crippen MR) is 183 cm³/mol. The summed E-state index contributed by atoms with van der Waals surface area (Å²) >= 11 is 6.11. The van der Waals surface area contributed by atoms with E-state index in [-0.39, 0.29) is 27.5 Å². The van der Waals surface area contributed by atoms with Gasteiger partial charge >= 0.3 is 0 Å². The van der Waals surface area contributed by atoms with E-state index < -0.39 is 27.2 Å². The monoisotopic (exact) mass is 673 g/mol. The third-order valence-corrected chi connectivity index (χ3v) is 10.1. The molecule has 2 amide bonds. The van der Waals surface area contributed by atoms with Gasteiger partial charge in [0.25, 0.3) is 5.91 Å². The van der Waals surface area contributed by atoms with Crippen LogP contribution in [0.25, 0.3) is 11.0 Å². The largest absolute Gasteiger partial charge is 0.451 e. The van der Waals surface area contributed by atoms with Crippen LogP contribution in [0.4, 0.5) is 5.69 Å². The number of nitrogens with zero attached hydrogens (tertiary/aromatic N) is 2. The van der Waals surface area contributed by atoms with Crippen molar-refractivity contribution in [3.63, 3.8) is 0 Å². The van der Waals surface area contributed by atoms with Gasteiger partial charge in [0.1, 0.15) is 5.58 Å². The zero-order chi connectivity index (χ0) is 33.1. The van der Waals surface area contributed by atoms with Crippen LogP contribution in [-0.2, 0) is 27.6 Å². The smallest absolute Gasteiger partial charge is 0.287 e. The summed E-state index contributed by atoms with van der Waals surface area (Å²) in [5.41, 5.74) is 4.11. The van der Waals surface area contributed by atoms with Crippen LogP contribution in [-0.4, -0.2) is 57.1 Å². The Hall–Kier alpha value is -4.41. The minimum absolute atomic E-state index is 0.000355. The zero-order valence-corrected chi connectivity index (χ0v) is 27.6. The van der Waals surface area contributed by atoms with Gasteiger partial charge in [-0.3, -0.25) is 14.4 Å². The number of nitrogens with one attached hydrogen (secondary N) is 1. The van der Waals surface area contributed by atoms with Crippen LogP contribution in [0.5, 0.6) is 0 Å². The van der Waals surface area contributed by atoms with Crippen LogP contribution in [0.1, 0.15) is 47.4 Å². The van der Waals surface area contributed by atoms with Gasteiger partial charge < -0.3 is 19.5 Å². The molecule has 0 radical (unpaired) electrons. The standard InChI is InChI=1S/C36H36ClN3O6S/c1-47(44,45)29-12-13-33-30(21-29)32(41)22-34(46-33)36(43)38-28(19-24-8-10-27(37)11-9-24)20-25-14-17-39(18-15-25)31-6-3-2-5-26(31)23-40-16-4-7-35(40)42/h2-3,5-6,8-13,20-22,28H,4,7,14-19,23H2,1H3,(H,38,43)/t28-/m1/s1. The van der Waals surface area contributed by atoms with Crippen LogP contribution in [0.3, 0.4) is 0 Å².